The molecule has 1 aromatic rings. The molecule has 1 aliphatic heterocycles. The lowest BCUT2D eigenvalue weighted by atomic mass is 10.1. The molecule has 8 heteroatoms. The fraction of sp³-hybridized carbons (Fsp3) is 0.500. The fourth-order valence-electron chi connectivity index (χ4n) is 2.61. The second kappa shape index (κ2) is 6.72. The molecule has 0 aliphatic carbocycles. The first-order valence-electron chi connectivity index (χ1n) is 7.06. The Labute approximate surface area is 129 Å². The summed E-state index contributed by atoms with van der Waals surface area (Å²) in [4.78, 5) is 13.6. The highest BCUT2D eigenvalue weighted by atomic mass is 32.2. The molecular formula is C14H20FN3O3S. The minimum atomic E-state index is -3.93. The van der Waals surface area contributed by atoms with Crippen LogP contribution in [0.4, 0.5) is 4.39 Å². The van der Waals surface area contributed by atoms with Gasteiger partial charge in [0.1, 0.15) is 10.7 Å². The standard InChI is InChI=1S/C14H20FN3O3S/c1-16-8-10-5-6-18(9-10)14(19)11-3-4-12(15)13(7-11)22(20,21)17-2/h3-4,7,10,16-17H,5-6,8-9H2,1-2H3. The lowest BCUT2D eigenvalue weighted by Gasteiger charge is -2.17. The molecule has 122 valence electrons. The highest BCUT2D eigenvalue weighted by Crippen LogP contribution is 2.21. The Hall–Kier alpha value is -1.51. The average molecular weight is 329 g/mol. The van der Waals surface area contributed by atoms with E-state index in [-0.39, 0.29) is 11.5 Å². The van der Waals surface area contributed by atoms with E-state index in [1.54, 1.807) is 4.90 Å². The summed E-state index contributed by atoms with van der Waals surface area (Å²) in [6.45, 7) is 2.06. The zero-order valence-corrected chi connectivity index (χ0v) is 13.4. The molecule has 0 radical (unpaired) electrons. The molecule has 0 bridgehead atoms. The molecule has 0 aromatic heterocycles. The van der Waals surface area contributed by atoms with Crippen molar-refractivity contribution in [1.82, 2.24) is 14.9 Å². The van der Waals surface area contributed by atoms with Crippen LogP contribution < -0.4 is 10.0 Å². The van der Waals surface area contributed by atoms with Crippen LogP contribution in [-0.2, 0) is 10.0 Å². The van der Waals surface area contributed by atoms with Crippen molar-refractivity contribution < 1.29 is 17.6 Å². The number of amides is 1. The van der Waals surface area contributed by atoms with Gasteiger partial charge in [-0.15, -0.1) is 0 Å². The number of benzene rings is 1. The van der Waals surface area contributed by atoms with E-state index in [9.17, 15) is 17.6 Å². The molecule has 1 aliphatic rings. The van der Waals surface area contributed by atoms with Crippen LogP contribution in [0.15, 0.2) is 23.1 Å². The number of nitrogens with zero attached hydrogens (tertiary/aromatic N) is 1. The van der Waals surface area contributed by atoms with Gasteiger partial charge < -0.3 is 10.2 Å². The number of carbonyl (C=O) groups excluding carboxylic acids is 1. The van der Waals surface area contributed by atoms with Crippen LogP contribution in [-0.4, -0.2) is 53.0 Å². The van der Waals surface area contributed by atoms with E-state index in [2.05, 4.69) is 10.0 Å². The predicted molar refractivity (Wildman–Crippen MR) is 80.6 cm³/mol. The molecule has 1 unspecified atom stereocenters. The molecule has 6 nitrogen and oxygen atoms in total. The quantitative estimate of drug-likeness (QED) is 0.820. The van der Waals surface area contributed by atoms with Gasteiger partial charge in [0.25, 0.3) is 5.91 Å². The Balaban J connectivity index is 2.23. The SMILES string of the molecule is CNCC1CCN(C(=O)c2ccc(F)c(S(=O)(=O)NC)c2)C1. The molecule has 0 spiro atoms. The summed E-state index contributed by atoms with van der Waals surface area (Å²) in [5.41, 5.74) is 0.181. The van der Waals surface area contributed by atoms with Gasteiger partial charge in [0.05, 0.1) is 0 Å². The van der Waals surface area contributed by atoms with Crippen LogP contribution in [0.1, 0.15) is 16.8 Å². The number of carbonyl (C=O) groups is 1. The first-order chi connectivity index (χ1) is 10.4. The second-order valence-corrected chi connectivity index (χ2v) is 7.17. The van der Waals surface area contributed by atoms with E-state index in [1.807, 2.05) is 7.05 Å². The molecular weight excluding hydrogens is 309 g/mol. The van der Waals surface area contributed by atoms with Gasteiger partial charge in [-0.25, -0.2) is 17.5 Å². The summed E-state index contributed by atoms with van der Waals surface area (Å²) in [5, 5.41) is 3.08. The third-order valence-electron chi connectivity index (χ3n) is 3.80. The van der Waals surface area contributed by atoms with Gasteiger partial charge in [0.2, 0.25) is 10.0 Å². The molecule has 1 aromatic carbocycles. The number of hydrogen-bond acceptors (Lipinski definition) is 4. The van der Waals surface area contributed by atoms with Crippen molar-refractivity contribution in [3.63, 3.8) is 0 Å². The van der Waals surface area contributed by atoms with E-state index in [4.69, 9.17) is 0 Å². The molecule has 0 saturated carbocycles. The van der Waals surface area contributed by atoms with E-state index in [0.717, 1.165) is 25.1 Å². The largest absolute Gasteiger partial charge is 0.338 e. The van der Waals surface area contributed by atoms with Crippen molar-refractivity contribution >= 4 is 15.9 Å². The highest BCUT2D eigenvalue weighted by Gasteiger charge is 2.28. The molecule has 1 saturated heterocycles. The lowest BCUT2D eigenvalue weighted by Crippen LogP contribution is -2.30. The van der Waals surface area contributed by atoms with Crippen molar-refractivity contribution in [3.8, 4) is 0 Å². The van der Waals surface area contributed by atoms with Crippen LogP contribution in [0.5, 0.6) is 0 Å². The third-order valence-corrected chi connectivity index (χ3v) is 5.23. The Kier molecular flexibility index (Phi) is 5.15. The van der Waals surface area contributed by atoms with Crippen molar-refractivity contribution in [2.24, 2.45) is 5.92 Å². The Morgan fingerprint density at radius 1 is 1.41 bits per heavy atom. The Morgan fingerprint density at radius 3 is 2.77 bits per heavy atom. The zero-order valence-electron chi connectivity index (χ0n) is 12.6. The predicted octanol–water partition coefficient (Wildman–Crippen LogP) is 0.415. The molecule has 22 heavy (non-hydrogen) atoms. The third kappa shape index (κ3) is 3.45. The van der Waals surface area contributed by atoms with Crippen molar-refractivity contribution in [2.45, 2.75) is 11.3 Å². The summed E-state index contributed by atoms with van der Waals surface area (Å²) in [7, 11) is -0.873. The summed E-state index contributed by atoms with van der Waals surface area (Å²) >= 11 is 0. The highest BCUT2D eigenvalue weighted by molar-refractivity contribution is 7.89. The maximum Gasteiger partial charge on any atom is 0.253 e. The van der Waals surface area contributed by atoms with Gasteiger partial charge in [0, 0.05) is 18.7 Å². The summed E-state index contributed by atoms with van der Waals surface area (Å²) in [6.07, 6.45) is 0.898. The second-order valence-electron chi connectivity index (χ2n) is 5.32. The van der Waals surface area contributed by atoms with Crippen LogP contribution in [0.25, 0.3) is 0 Å². The van der Waals surface area contributed by atoms with E-state index >= 15 is 0 Å². The van der Waals surface area contributed by atoms with E-state index in [0.29, 0.717) is 19.0 Å². The van der Waals surface area contributed by atoms with Gasteiger partial charge in [-0.3, -0.25) is 4.79 Å². The fourth-order valence-corrected chi connectivity index (χ4v) is 3.43. The normalized spacial score (nSPS) is 18.7. The first-order valence-corrected chi connectivity index (χ1v) is 8.54. The minimum Gasteiger partial charge on any atom is -0.338 e. The molecule has 2 N–H and O–H groups in total. The molecule has 1 heterocycles. The summed E-state index contributed by atoms with van der Waals surface area (Å²) < 4.78 is 39.3. The van der Waals surface area contributed by atoms with Crippen molar-refractivity contribution in [3.05, 3.63) is 29.6 Å². The van der Waals surface area contributed by atoms with Crippen LogP contribution in [0.2, 0.25) is 0 Å². The first kappa shape index (κ1) is 16.9. The number of halogens is 1. The van der Waals surface area contributed by atoms with Gasteiger partial charge >= 0.3 is 0 Å². The smallest absolute Gasteiger partial charge is 0.253 e. The maximum absolute atomic E-state index is 13.7. The summed E-state index contributed by atoms with van der Waals surface area (Å²) in [6, 6.07) is 3.42. The van der Waals surface area contributed by atoms with Crippen LogP contribution in [0, 0.1) is 11.7 Å². The molecule has 1 amide bonds. The number of nitrogens with one attached hydrogen (secondary N) is 2. The van der Waals surface area contributed by atoms with Gasteiger partial charge in [-0.2, -0.15) is 0 Å². The number of rotatable bonds is 5. The van der Waals surface area contributed by atoms with Gasteiger partial charge in [-0.05, 0) is 51.2 Å². The van der Waals surface area contributed by atoms with Crippen molar-refractivity contribution in [2.75, 3.05) is 33.7 Å². The molecule has 1 atom stereocenters. The zero-order chi connectivity index (χ0) is 16.3. The van der Waals surface area contributed by atoms with E-state index < -0.39 is 20.7 Å². The van der Waals surface area contributed by atoms with Crippen LogP contribution in [0.3, 0.4) is 0 Å². The number of sulfonamides is 1. The minimum absolute atomic E-state index is 0.181. The summed E-state index contributed by atoms with van der Waals surface area (Å²) in [5.74, 6) is -0.763. The maximum atomic E-state index is 13.7. The van der Waals surface area contributed by atoms with Crippen molar-refractivity contribution in [1.29, 1.82) is 0 Å². The van der Waals surface area contributed by atoms with Crippen LogP contribution >= 0.6 is 0 Å². The van der Waals surface area contributed by atoms with Gasteiger partial charge in [-0.1, -0.05) is 0 Å². The Bertz CT molecular complexity index is 663. The average Bonchev–Trinajstić information content (AvgIpc) is 2.96. The monoisotopic (exact) mass is 329 g/mol. The topological polar surface area (TPSA) is 78.5 Å². The van der Waals surface area contributed by atoms with E-state index in [1.165, 1.54) is 13.1 Å². The van der Waals surface area contributed by atoms with Gasteiger partial charge in [0.15, 0.2) is 0 Å². The molecule has 1 fully saturated rings. The number of hydrogen-bond donors (Lipinski definition) is 2. The number of likely N-dealkylation sites (tertiary alicyclic amines) is 1. The lowest BCUT2D eigenvalue weighted by molar-refractivity contribution is 0.0787. The Morgan fingerprint density at radius 2 is 2.14 bits per heavy atom. The molecule has 2 rings (SSSR count).